The van der Waals surface area contributed by atoms with E-state index in [0.29, 0.717) is 22.6 Å². The Morgan fingerprint density at radius 3 is 1.80 bits per heavy atom. The molecule has 9 rings (SSSR count). The number of aromatic hydroxyl groups is 1. The lowest BCUT2D eigenvalue weighted by Crippen LogP contribution is -2.18. The van der Waals surface area contributed by atoms with Crippen molar-refractivity contribution in [2.24, 2.45) is 0 Å². The number of para-hydroxylation sites is 2. The van der Waals surface area contributed by atoms with E-state index in [-0.39, 0.29) is 27.6 Å². The predicted octanol–water partition coefficient (Wildman–Crippen LogP) is 15.7. The van der Waals surface area contributed by atoms with Gasteiger partial charge in [0.05, 0.1) is 28.0 Å². The van der Waals surface area contributed by atoms with Crippen LogP contribution in [0.2, 0.25) is 0 Å². The molecule has 318 valence electrons. The van der Waals surface area contributed by atoms with Gasteiger partial charge in [0.1, 0.15) is 11.6 Å². The summed E-state index contributed by atoms with van der Waals surface area (Å²) in [5.41, 5.74) is 14.2. The quantitative estimate of drug-likeness (QED) is 0.166. The van der Waals surface area contributed by atoms with Crippen LogP contribution in [-0.4, -0.2) is 19.6 Å². The number of aromatic nitrogens is 3. The molecular formula is C60H57N3O. The second-order valence-corrected chi connectivity index (χ2v) is 19.5. The molecule has 0 spiro atoms. The number of phenols is 1. The number of pyridine rings is 1. The van der Waals surface area contributed by atoms with Gasteiger partial charge in [-0.15, -0.1) is 0 Å². The summed E-state index contributed by atoms with van der Waals surface area (Å²) in [5.74, 6) is 0.781. The minimum Gasteiger partial charge on any atom is -0.507 e. The van der Waals surface area contributed by atoms with Crippen molar-refractivity contribution < 1.29 is 9.22 Å². The van der Waals surface area contributed by atoms with Crippen LogP contribution >= 0.6 is 0 Å². The van der Waals surface area contributed by atoms with Gasteiger partial charge in [-0.25, -0.2) is 4.98 Å². The Morgan fingerprint density at radius 2 is 1.09 bits per heavy atom. The molecule has 4 heteroatoms. The first-order valence-corrected chi connectivity index (χ1v) is 22.1. The first kappa shape index (κ1) is 38.6. The molecule has 0 amide bonds. The number of hydrogen-bond donors (Lipinski definition) is 1. The van der Waals surface area contributed by atoms with Crippen molar-refractivity contribution >= 4 is 11.0 Å². The molecule has 9 aromatic rings. The SMILES string of the molecule is [2H]C([2H])([2H])c1cnc(-c2cc(-c3cccc4c3nc(-c3cc(C(C)(C)C)ccc3O)n4-c3ccccc3-c3ccccc3)cc(C(C)(C)C)c2)cc1-c1ccc(C(C)(C)c2ccccc2)cc1. The zero-order chi connectivity index (χ0) is 47.5. The topological polar surface area (TPSA) is 50.9 Å². The van der Waals surface area contributed by atoms with E-state index in [1.54, 1.807) is 6.07 Å². The largest absolute Gasteiger partial charge is 0.507 e. The van der Waals surface area contributed by atoms with E-state index in [9.17, 15) is 5.11 Å². The third-order valence-corrected chi connectivity index (χ3v) is 12.7. The fourth-order valence-electron chi connectivity index (χ4n) is 8.77. The van der Waals surface area contributed by atoms with Gasteiger partial charge in [-0.3, -0.25) is 9.55 Å². The summed E-state index contributed by atoms with van der Waals surface area (Å²) in [6, 6.07) is 58.0. The Bertz CT molecular complexity index is 3260. The zero-order valence-corrected chi connectivity index (χ0v) is 38.0. The van der Waals surface area contributed by atoms with E-state index in [0.717, 1.165) is 66.8 Å². The summed E-state index contributed by atoms with van der Waals surface area (Å²) in [7, 11) is 0. The van der Waals surface area contributed by atoms with Gasteiger partial charge in [0.15, 0.2) is 0 Å². The maximum atomic E-state index is 11.7. The molecular weight excluding hydrogens is 779 g/mol. The average molecular weight is 839 g/mol. The highest BCUT2D eigenvalue weighted by atomic mass is 16.3. The molecule has 0 radical (unpaired) electrons. The first-order chi connectivity index (χ1) is 31.8. The van der Waals surface area contributed by atoms with Gasteiger partial charge in [-0.1, -0.05) is 183 Å². The minimum atomic E-state index is -2.38. The number of fused-ring (bicyclic) bond motifs is 1. The number of phenolic OH excluding ortho intramolecular Hbond substituents is 1. The molecule has 0 unspecified atom stereocenters. The summed E-state index contributed by atoms with van der Waals surface area (Å²) in [4.78, 5) is 10.4. The third-order valence-electron chi connectivity index (χ3n) is 12.7. The molecule has 2 aromatic heterocycles. The summed E-state index contributed by atoms with van der Waals surface area (Å²) in [5, 5.41) is 11.7. The zero-order valence-electron chi connectivity index (χ0n) is 41.0. The fourth-order valence-corrected chi connectivity index (χ4v) is 8.77. The van der Waals surface area contributed by atoms with Crippen LogP contribution in [-0.2, 0) is 16.2 Å². The van der Waals surface area contributed by atoms with Gasteiger partial charge in [0.2, 0.25) is 0 Å². The van der Waals surface area contributed by atoms with Crippen molar-refractivity contribution in [2.45, 2.75) is 78.5 Å². The van der Waals surface area contributed by atoms with E-state index >= 15 is 0 Å². The number of hydrogen-bond acceptors (Lipinski definition) is 3. The second-order valence-electron chi connectivity index (χ2n) is 19.5. The molecule has 0 atom stereocenters. The molecule has 0 fully saturated rings. The van der Waals surface area contributed by atoms with Gasteiger partial charge in [-0.2, -0.15) is 0 Å². The van der Waals surface area contributed by atoms with Crippen molar-refractivity contribution in [1.29, 1.82) is 0 Å². The lowest BCUT2D eigenvalue weighted by Gasteiger charge is -2.26. The molecule has 64 heavy (non-hydrogen) atoms. The van der Waals surface area contributed by atoms with E-state index in [4.69, 9.17) is 14.1 Å². The Balaban J connectivity index is 1.25. The van der Waals surface area contributed by atoms with Gasteiger partial charge in [0.25, 0.3) is 0 Å². The van der Waals surface area contributed by atoms with Crippen LogP contribution in [0.5, 0.6) is 5.75 Å². The summed E-state index contributed by atoms with van der Waals surface area (Å²) >= 11 is 0. The maximum Gasteiger partial charge on any atom is 0.149 e. The van der Waals surface area contributed by atoms with E-state index in [2.05, 4.69) is 169 Å². The highest BCUT2D eigenvalue weighted by Crippen LogP contribution is 2.43. The van der Waals surface area contributed by atoms with Gasteiger partial charge < -0.3 is 5.11 Å². The van der Waals surface area contributed by atoms with Crippen LogP contribution in [0.15, 0.2) is 176 Å². The smallest absolute Gasteiger partial charge is 0.149 e. The summed E-state index contributed by atoms with van der Waals surface area (Å²) in [6.45, 7) is 15.1. The molecule has 1 N–H and O–H groups in total. The number of benzene rings is 7. The summed E-state index contributed by atoms with van der Waals surface area (Å²) in [6.07, 6.45) is 1.53. The van der Waals surface area contributed by atoms with Gasteiger partial charge >= 0.3 is 0 Å². The average Bonchev–Trinajstić information content (AvgIpc) is 3.70. The highest BCUT2D eigenvalue weighted by Gasteiger charge is 2.26. The lowest BCUT2D eigenvalue weighted by molar-refractivity contribution is 0.475. The molecule has 0 aliphatic carbocycles. The fraction of sp³-hybridized carbons (Fsp3) is 0.200. The van der Waals surface area contributed by atoms with Crippen molar-refractivity contribution in [1.82, 2.24) is 14.5 Å². The van der Waals surface area contributed by atoms with E-state index < -0.39 is 6.85 Å². The molecule has 4 nitrogen and oxygen atoms in total. The molecule has 0 saturated carbocycles. The van der Waals surface area contributed by atoms with Crippen LogP contribution in [0.3, 0.4) is 0 Å². The lowest BCUT2D eigenvalue weighted by atomic mass is 9.78. The number of rotatable bonds is 8. The van der Waals surface area contributed by atoms with Gasteiger partial charge in [0, 0.05) is 32.4 Å². The van der Waals surface area contributed by atoms with Crippen LogP contribution in [0.25, 0.3) is 72.7 Å². The van der Waals surface area contributed by atoms with Crippen LogP contribution < -0.4 is 0 Å². The number of aryl methyl sites for hydroxylation is 1. The van der Waals surface area contributed by atoms with Crippen molar-refractivity contribution in [3.05, 3.63) is 204 Å². The number of nitrogens with zero attached hydrogens (tertiary/aromatic N) is 3. The molecule has 7 aromatic carbocycles. The Kier molecular flexibility index (Phi) is 9.81. The predicted molar refractivity (Wildman–Crippen MR) is 268 cm³/mol. The van der Waals surface area contributed by atoms with Gasteiger partial charge in [-0.05, 0) is 110 Å². The van der Waals surface area contributed by atoms with E-state index in [1.165, 1.54) is 11.8 Å². The monoisotopic (exact) mass is 838 g/mol. The first-order valence-electron chi connectivity index (χ1n) is 23.6. The molecule has 0 aliphatic rings. The highest BCUT2D eigenvalue weighted by molar-refractivity contribution is 5.97. The molecule has 0 aliphatic heterocycles. The standard InChI is InChI=1S/C60H57N3O/c1-39-38-61-52(37-50(39)41-27-29-45(30-28-41)60(8,9)44-21-14-11-15-22-44)43-33-42(34-47(35-43)59(5,6)7)49-24-18-26-54-56(49)62-57(51-36-46(58(2,3)4)31-32-55(51)64)63(54)53-25-17-16-23-48(53)40-19-12-10-13-20-40/h10-38,64H,1-9H3/i1D3. The maximum absolute atomic E-state index is 11.7. The van der Waals surface area contributed by atoms with Crippen LogP contribution in [0.4, 0.5) is 0 Å². The van der Waals surface area contributed by atoms with Crippen molar-refractivity contribution in [3.63, 3.8) is 0 Å². The van der Waals surface area contributed by atoms with Crippen LogP contribution in [0.1, 0.15) is 87.3 Å². The molecule has 0 bridgehead atoms. The molecule has 2 heterocycles. The minimum absolute atomic E-state index is 0.150. The molecule has 0 saturated heterocycles. The Labute approximate surface area is 383 Å². The normalized spacial score (nSPS) is 13.1. The Morgan fingerprint density at radius 1 is 0.484 bits per heavy atom. The van der Waals surface area contributed by atoms with Crippen molar-refractivity contribution in [3.8, 4) is 67.5 Å². The third kappa shape index (κ3) is 7.94. The summed E-state index contributed by atoms with van der Waals surface area (Å²) < 4.78 is 27.9. The second kappa shape index (κ2) is 16.3. The van der Waals surface area contributed by atoms with E-state index in [1.807, 2.05) is 54.6 Å². The Hall–Kier alpha value is -7.04. The number of imidazole rings is 1. The van der Waals surface area contributed by atoms with Crippen LogP contribution in [0, 0.1) is 6.85 Å². The van der Waals surface area contributed by atoms with Crippen molar-refractivity contribution in [2.75, 3.05) is 0 Å².